The molecule has 0 aliphatic heterocycles. The zero-order chi connectivity index (χ0) is 13.2. The van der Waals surface area contributed by atoms with Crippen molar-refractivity contribution in [2.24, 2.45) is 0 Å². The standard InChI is InChI=1S/C13H19IN2O2/c1-18-12-10-15-9-6-11(12)13(17)16-8-5-3-2-4-7-14/h6,9-10H,2-5,7-8H2,1H3,(H,16,17). The van der Waals surface area contributed by atoms with Crippen LogP contribution in [0.25, 0.3) is 0 Å². The molecule has 0 aliphatic carbocycles. The molecule has 0 saturated carbocycles. The van der Waals surface area contributed by atoms with Crippen LogP contribution in [0, 0.1) is 0 Å². The van der Waals surface area contributed by atoms with Crippen molar-refractivity contribution in [2.75, 3.05) is 18.1 Å². The number of carbonyl (C=O) groups excluding carboxylic acids is 1. The zero-order valence-electron chi connectivity index (χ0n) is 10.6. The van der Waals surface area contributed by atoms with Gasteiger partial charge in [0.15, 0.2) is 0 Å². The van der Waals surface area contributed by atoms with E-state index in [1.807, 2.05) is 0 Å². The van der Waals surface area contributed by atoms with Crippen molar-refractivity contribution in [3.05, 3.63) is 24.0 Å². The number of hydrogen-bond acceptors (Lipinski definition) is 3. The van der Waals surface area contributed by atoms with Crippen LogP contribution in [0.3, 0.4) is 0 Å². The first-order valence-corrected chi connectivity index (χ1v) is 7.64. The Kier molecular flexibility index (Phi) is 7.71. The fourth-order valence-electron chi connectivity index (χ4n) is 1.60. The molecule has 100 valence electrons. The van der Waals surface area contributed by atoms with Gasteiger partial charge in [-0.05, 0) is 23.3 Å². The second-order valence-corrected chi connectivity index (χ2v) is 5.01. The zero-order valence-corrected chi connectivity index (χ0v) is 12.8. The van der Waals surface area contributed by atoms with Crippen molar-refractivity contribution in [3.63, 3.8) is 0 Å². The van der Waals surface area contributed by atoms with Crippen LogP contribution < -0.4 is 10.1 Å². The average Bonchev–Trinajstić information content (AvgIpc) is 2.42. The first kappa shape index (κ1) is 15.2. The average molecular weight is 362 g/mol. The lowest BCUT2D eigenvalue weighted by atomic mass is 10.2. The molecular weight excluding hydrogens is 343 g/mol. The molecule has 0 aromatic carbocycles. The van der Waals surface area contributed by atoms with Crippen molar-refractivity contribution < 1.29 is 9.53 Å². The molecule has 0 bridgehead atoms. The second kappa shape index (κ2) is 9.13. The summed E-state index contributed by atoms with van der Waals surface area (Å²) in [6.45, 7) is 0.714. The molecule has 1 aromatic rings. The molecule has 1 N–H and O–H groups in total. The summed E-state index contributed by atoms with van der Waals surface area (Å²) in [5.74, 6) is 0.419. The Balaban J connectivity index is 2.32. The van der Waals surface area contributed by atoms with E-state index in [2.05, 4.69) is 32.9 Å². The lowest BCUT2D eigenvalue weighted by Crippen LogP contribution is -2.24. The van der Waals surface area contributed by atoms with Gasteiger partial charge >= 0.3 is 0 Å². The van der Waals surface area contributed by atoms with Crippen molar-refractivity contribution >= 4 is 28.5 Å². The number of hydrogen-bond donors (Lipinski definition) is 1. The number of carbonyl (C=O) groups is 1. The summed E-state index contributed by atoms with van der Waals surface area (Å²) in [7, 11) is 1.54. The van der Waals surface area contributed by atoms with Crippen LogP contribution in [0.5, 0.6) is 5.75 Å². The summed E-state index contributed by atoms with van der Waals surface area (Å²) in [6.07, 6.45) is 7.82. The highest BCUT2D eigenvalue weighted by molar-refractivity contribution is 14.1. The Morgan fingerprint density at radius 2 is 2.17 bits per heavy atom. The molecule has 1 aromatic heterocycles. The van der Waals surface area contributed by atoms with Crippen molar-refractivity contribution in [1.82, 2.24) is 10.3 Å². The van der Waals surface area contributed by atoms with Crippen molar-refractivity contribution in [1.29, 1.82) is 0 Å². The molecule has 1 heterocycles. The minimum absolute atomic E-state index is 0.0943. The second-order valence-electron chi connectivity index (χ2n) is 3.94. The van der Waals surface area contributed by atoms with Gasteiger partial charge in [0.25, 0.3) is 5.91 Å². The smallest absolute Gasteiger partial charge is 0.255 e. The Morgan fingerprint density at radius 3 is 2.89 bits per heavy atom. The molecule has 1 rings (SSSR count). The summed E-state index contributed by atoms with van der Waals surface area (Å²) in [4.78, 5) is 15.8. The summed E-state index contributed by atoms with van der Waals surface area (Å²) in [5.41, 5.74) is 0.541. The van der Waals surface area contributed by atoms with Gasteiger partial charge in [0.05, 0.1) is 18.9 Å². The maximum Gasteiger partial charge on any atom is 0.255 e. The predicted molar refractivity (Wildman–Crippen MR) is 80.5 cm³/mol. The quantitative estimate of drug-likeness (QED) is 0.440. The number of amides is 1. The summed E-state index contributed by atoms with van der Waals surface area (Å²) in [5, 5.41) is 2.90. The van der Waals surface area contributed by atoms with Gasteiger partial charge in [0, 0.05) is 12.7 Å². The lowest BCUT2D eigenvalue weighted by molar-refractivity contribution is 0.0949. The van der Waals surface area contributed by atoms with E-state index in [1.54, 1.807) is 18.5 Å². The Hall–Kier alpha value is -0.850. The van der Waals surface area contributed by atoms with Crippen LogP contribution in [0.4, 0.5) is 0 Å². The topological polar surface area (TPSA) is 51.2 Å². The van der Waals surface area contributed by atoms with Crippen LogP contribution in [0.15, 0.2) is 18.5 Å². The highest BCUT2D eigenvalue weighted by Gasteiger charge is 2.10. The van der Waals surface area contributed by atoms with Gasteiger partial charge in [-0.3, -0.25) is 9.78 Å². The van der Waals surface area contributed by atoms with Gasteiger partial charge < -0.3 is 10.1 Å². The molecular formula is C13H19IN2O2. The SMILES string of the molecule is COc1cnccc1C(=O)NCCCCCCI. The van der Waals surface area contributed by atoms with Crippen LogP contribution >= 0.6 is 22.6 Å². The van der Waals surface area contributed by atoms with Gasteiger partial charge in [-0.15, -0.1) is 0 Å². The molecule has 5 heteroatoms. The summed E-state index contributed by atoms with van der Waals surface area (Å²) >= 11 is 2.39. The van der Waals surface area contributed by atoms with Crippen molar-refractivity contribution in [3.8, 4) is 5.75 Å². The number of ether oxygens (including phenoxy) is 1. The molecule has 0 spiro atoms. The fraction of sp³-hybridized carbons (Fsp3) is 0.538. The number of pyridine rings is 1. The van der Waals surface area contributed by atoms with E-state index in [0.29, 0.717) is 17.9 Å². The van der Waals surface area contributed by atoms with E-state index in [-0.39, 0.29) is 5.91 Å². The maximum atomic E-state index is 11.9. The fourth-order valence-corrected chi connectivity index (χ4v) is 2.14. The molecule has 1 amide bonds. The monoisotopic (exact) mass is 362 g/mol. The molecule has 0 unspecified atom stereocenters. The van der Waals surface area contributed by atoms with Crippen LogP contribution in [0.2, 0.25) is 0 Å². The number of alkyl halides is 1. The third-order valence-electron chi connectivity index (χ3n) is 2.60. The van der Waals surface area contributed by atoms with Crippen molar-refractivity contribution in [2.45, 2.75) is 25.7 Å². The molecule has 0 saturated heterocycles. The minimum Gasteiger partial charge on any atom is -0.494 e. The third kappa shape index (κ3) is 5.20. The Bertz CT molecular complexity index is 372. The minimum atomic E-state index is -0.0943. The van der Waals surface area contributed by atoms with Gasteiger partial charge in [-0.2, -0.15) is 0 Å². The van der Waals surface area contributed by atoms with Gasteiger partial charge in [0.1, 0.15) is 5.75 Å². The normalized spacial score (nSPS) is 10.1. The number of halogens is 1. The number of methoxy groups -OCH3 is 1. The molecule has 0 atom stereocenters. The van der Waals surface area contributed by atoms with Gasteiger partial charge in [0.2, 0.25) is 0 Å². The summed E-state index contributed by atoms with van der Waals surface area (Å²) in [6, 6.07) is 1.67. The largest absolute Gasteiger partial charge is 0.494 e. The Labute approximate surface area is 122 Å². The first-order chi connectivity index (χ1) is 8.79. The molecule has 0 radical (unpaired) electrons. The highest BCUT2D eigenvalue weighted by Crippen LogP contribution is 2.15. The predicted octanol–water partition coefficient (Wildman–Crippen LogP) is 2.82. The lowest BCUT2D eigenvalue weighted by Gasteiger charge is -2.08. The van der Waals surface area contributed by atoms with E-state index in [0.717, 1.165) is 12.8 Å². The van der Waals surface area contributed by atoms with E-state index in [1.165, 1.54) is 24.4 Å². The highest BCUT2D eigenvalue weighted by atomic mass is 127. The Morgan fingerprint density at radius 1 is 1.39 bits per heavy atom. The van der Waals surface area contributed by atoms with E-state index < -0.39 is 0 Å². The van der Waals surface area contributed by atoms with E-state index in [4.69, 9.17) is 4.74 Å². The number of aromatic nitrogens is 1. The number of nitrogens with one attached hydrogen (secondary N) is 1. The number of rotatable bonds is 8. The van der Waals surface area contributed by atoms with Gasteiger partial charge in [-0.25, -0.2) is 0 Å². The van der Waals surface area contributed by atoms with Crippen LogP contribution in [-0.2, 0) is 0 Å². The first-order valence-electron chi connectivity index (χ1n) is 6.11. The number of nitrogens with zero attached hydrogens (tertiary/aromatic N) is 1. The van der Waals surface area contributed by atoms with E-state index in [9.17, 15) is 4.79 Å². The molecule has 0 aliphatic rings. The molecule has 4 nitrogen and oxygen atoms in total. The van der Waals surface area contributed by atoms with Crippen LogP contribution in [0.1, 0.15) is 36.0 Å². The van der Waals surface area contributed by atoms with Crippen LogP contribution in [-0.4, -0.2) is 29.0 Å². The molecule has 0 fully saturated rings. The third-order valence-corrected chi connectivity index (χ3v) is 3.36. The van der Waals surface area contributed by atoms with E-state index >= 15 is 0 Å². The maximum absolute atomic E-state index is 11.9. The summed E-state index contributed by atoms with van der Waals surface area (Å²) < 4.78 is 6.31. The number of unbranched alkanes of at least 4 members (excludes halogenated alkanes) is 3. The van der Waals surface area contributed by atoms with Gasteiger partial charge in [-0.1, -0.05) is 35.4 Å². The molecule has 18 heavy (non-hydrogen) atoms.